The zero-order valence-corrected chi connectivity index (χ0v) is 8.60. The Morgan fingerprint density at radius 2 is 2.15 bits per heavy atom. The molecule has 0 aromatic heterocycles. The summed E-state index contributed by atoms with van der Waals surface area (Å²) in [5.74, 6) is -0.290. The van der Waals surface area contributed by atoms with Crippen LogP contribution in [0.5, 0.6) is 0 Å². The molecule has 3 heteroatoms. The maximum absolute atomic E-state index is 11.3. The van der Waals surface area contributed by atoms with Crippen LogP contribution < -0.4 is 0 Å². The molecule has 1 aromatic carbocycles. The number of benzene rings is 1. The molecule has 0 aliphatic carbocycles. The Balaban J connectivity index is 2.94. The molecule has 2 nitrogen and oxygen atoms in total. The molecule has 0 aliphatic heterocycles. The van der Waals surface area contributed by atoms with Crippen molar-refractivity contribution in [2.24, 2.45) is 0 Å². The molecule has 0 bridgehead atoms. The first-order chi connectivity index (χ1) is 6.13. The van der Waals surface area contributed by atoms with Gasteiger partial charge in [-0.15, -0.1) is 12.6 Å². The number of rotatable bonds is 2. The lowest BCUT2D eigenvalue weighted by Crippen LogP contribution is -2.04. The molecule has 1 aromatic rings. The number of aryl methyl sites for hydroxylation is 1. The zero-order valence-electron chi connectivity index (χ0n) is 7.70. The molecule has 0 aliphatic rings. The van der Waals surface area contributed by atoms with E-state index in [1.807, 2.05) is 13.0 Å². The van der Waals surface area contributed by atoms with Crippen LogP contribution in [-0.4, -0.2) is 12.6 Å². The Morgan fingerprint density at radius 1 is 1.46 bits per heavy atom. The van der Waals surface area contributed by atoms with E-state index in [-0.39, 0.29) is 5.97 Å². The first-order valence-corrected chi connectivity index (χ1v) is 4.56. The lowest BCUT2D eigenvalue weighted by molar-refractivity contribution is 0.0526. The topological polar surface area (TPSA) is 26.3 Å². The normalized spacial score (nSPS) is 9.77. The van der Waals surface area contributed by atoms with Gasteiger partial charge in [0.2, 0.25) is 0 Å². The Labute approximate surface area is 83.3 Å². The summed E-state index contributed by atoms with van der Waals surface area (Å²) in [6.07, 6.45) is 0. The van der Waals surface area contributed by atoms with Crippen molar-refractivity contribution in [1.29, 1.82) is 0 Å². The van der Waals surface area contributed by atoms with E-state index in [4.69, 9.17) is 4.74 Å². The Kier molecular flexibility index (Phi) is 3.37. The van der Waals surface area contributed by atoms with Gasteiger partial charge in [-0.1, -0.05) is 0 Å². The van der Waals surface area contributed by atoms with Gasteiger partial charge in [0.05, 0.1) is 12.2 Å². The summed E-state index contributed by atoms with van der Waals surface area (Å²) in [6, 6.07) is 5.39. The highest BCUT2D eigenvalue weighted by molar-refractivity contribution is 7.80. The third-order valence-electron chi connectivity index (χ3n) is 1.57. The average molecular weight is 196 g/mol. The fourth-order valence-corrected chi connectivity index (χ4v) is 1.44. The molecule has 0 spiro atoms. The van der Waals surface area contributed by atoms with Gasteiger partial charge in [0.1, 0.15) is 0 Å². The molecule has 1 rings (SSSR count). The van der Waals surface area contributed by atoms with Gasteiger partial charge >= 0.3 is 5.97 Å². The fraction of sp³-hybridized carbons (Fsp3) is 0.300. The van der Waals surface area contributed by atoms with Crippen LogP contribution in [0.15, 0.2) is 23.1 Å². The van der Waals surface area contributed by atoms with Crippen LogP contribution in [-0.2, 0) is 4.74 Å². The molecular formula is C10H12O2S. The largest absolute Gasteiger partial charge is 0.462 e. The molecule has 70 valence electrons. The minimum Gasteiger partial charge on any atom is -0.462 e. The van der Waals surface area contributed by atoms with E-state index in [9.17, 15) is 4.79 Å². The van der Waals surface area contributed by atoms with Gasteiger partial charge in [-0.3, -0.25) is 0 Å². The summed E-state index contributed by atoms with van der Waals surface area (Å²) < 4.78 is 4.87. The van der Waals surface area contributed by atoms with Crippen LogP contribution in [0.4, 0.5) is 0 Å². The third kappa shape index (κ3) is 2.77. The number of hydrogen-bond donors (Lipinski definition) is 1. The van der Waals surface area contributed by atoms with Crippen molar-refractivity contribution in [1.82, 2.24) is 0 Å². The monoisotopic (exact) mass is 196 g/mol. The van der Waals surface area contributed by atoms with E-state index >= 15 is 0 Å². The highest BCUT2D eigenvalue weighted by Crippen LogP contribution is 2.13. The Morgan fingerprint density at radius 3 is 2.69 bits per heavy atom. The number of thiol groups is 1. The molecule has 0 atom stereocenters. The third-order valence-corrected chi connectivity index (χ3v) is 1.83. The van der Waals surface area contributed by atoms with Crippen LogP contribution in [0.25, 0.3) is 0 Å². The SMILES string of the molecule is CCOC(=O)c1cc(C)cc(S)c1. The quantitative estimate of drug-likeness (QED) is 0.581. The van der Waals surface area contributed by atoms with Crippen LogP contribution >= 0.6 is 12.6 Å². The summed E-state index contributed by atoms with van der Waals surface area (Å²) in [7, 11) is 0. The minimum atomic E-state index is -0.290. The molecule has 0 radical (unpaired) electrons. The predicted molar refractivity (Wildman–Crippen MR) is 54.4 cm³/mol. The summed E-state index contributed by atoms with van der Waals surface area (Å²) >= 11 is 4.18. The van der Waals surface area contributed by atoms with Gasteiger partial charge in [-0.05, 0) is 37.6 Å². The number of carbonyl (C=O) groups is 1. The van der Waals surface area contributed by atoms with Crippen LogP contribution in [0.2, 0.25) is 0 Å². The van der Waals surface area contributed by atoms with E-state index in [0.29, 0.717) is 12.2 Å². The molecule has 0 unspecified atom stereocenters. The highest BCUT2D eigenvalue weighted by Gasteiger charge is 2.06. The Hall–Kier alpha value is -0.960. The van der Waals surface area contributed by atoms with Crippen LogP contribution in [0, 0.1) is 6.92 Å². The molecular weight excluding hydrogens is 184 g/mol. The van der Waals surface area contributed by atoms with E-state index in [0.717, 1.165) is 10.5 Å². The van der Waals surface area contributed by atoms with Crippen molar-refractivity contribution in [3.05, 3.63) is 29.3 Å². The lowest BCUT2D eigenvalue weighted by atomic mass is 10.1. The van der Waals surface area contributed by atoms with Crippen LogP contribution in [0.3, 0.4) is 0 Å². The van der Waals surface area contributed by atoms with Gasteiger partial charge in [0.25, 0.3) is 0 Å². The maximum atomic E-state index is 11.3. The zero-order chi connectivity index (χ0) is 9.84. The van der Waals surface area contributed by atoms with Crippen LogP contribution in [0.1, 0.15) is 22.8 Å². The minimum absolute atomic E-state index is 0.290. The summed E-state index contributed by atoms with van der Waals surface area (Å²) in [5.41, 5.74) is 1.57. The average Bonchev–Trinajstić information content (AvgIpc) is 2.03. The smallest absolute Gasteiger partial charge is 0.338 e. The van der Waals surface area contributed by atoms with E-state index in [1.165, 1.54) is 0 Å². The molecule has 0 N–H and O–H groups in total. The van der Waals surface area contributed by atoms with Gasteiger partial charge in [0.15, 0.2) is 0 Å². The fourth-order valence-electron chi connectivity index (χ4n) is 1.10. The van der Waals surface area contributed by atoms with Crippen molar-refractivity contribution in [2.75, 3.05) is 6.61 Å². The second-order valence-corrected chi connectivity index (χ2v) is 3.29. The summed E-state index contributed by atoms with van der Waals surface area (Å²) in [5, 5.41) is 0. The van der Waals surface area contributed by atoms with Crippen molar-refractivity contribution in [2.45, 2.75) is 18.7 Å². The first-order valence-electron chi connectivity index (χ1n) is 4.11. The van der Waals surface area contributed by atoms with Crippen molar-refractivity contribution < 1.29 is 9.53 Å². The van der Waals surface area contributed by atoms with E-state index in [2.05, 4.69) is 12.6 Å². The molecule has 0 amide bonds. The van der Waals surface area contributed by atoms with E-state index in [1.54, 1.807) is 19.1 Å². The molecule has 0 heterocycles. The van der Waals surface area contributed by atoms with Gasteiger partial charge in [-0.2, -0.15) is 0 Å². The second kappa shape index (κ2) is 4.33. The molecule has 0 saturated carbocycles. The predicted octanol–water partition coefficient (Wildman–Crippen LogP) is 2.46. The van der Waals surface area contributed by atoms with Gasteiger partial charge < -0.3 is 4.74 Å². The maximum Gasteiger partial charge on any atom is 0.338 e. The summed E-state index contributed by atoms with van der Waals surface area (Å²) in [6.45, 7) is 4.10. The first kappa shape index (κ1) is 10.1. The standard InChI is InChI=1S/C10H12O2S/c1-3-12-10(11)8-4-7(2)5-9(13)6-8/h4-6,13H,3H2,1-2H3. The number of esters is 1. The van der Waals surface area contributed by atoms with Crippen molar-refractivity contribution in [3.63, 3.8) is 0 Å². The van der Waals surface area contributed by atoms with E-state index < -0.39 is 0 Å². The lowest BCUT2D eigenvalue weighted by Gasteiger charge is -2.03. The van der Waals surface area contributed by atoms with Crippen molar-refractivity contribution in [3.8, 4) is 0 Å². The number of hydrogen-bond acceptors (Lipinski definition) is 3. The van der Waals surface area contributed by atoms with Gasteiger partial charge in [0, 0.05) is 4.90 Å². The molecule has 0 saturated heterocycles. The molecule has 13 heavy (non-hydrogen) atoms. The summed E-state index contributed by atoms with van der Waals surface area (Å²) in [4.78, 5) is 12.1. The molecule has 0 fully saturated rings. The number of carbonyl (C=O) groups excluding carboxylic acids is 1. The Bertz CT molecular complexity index is 300. The van der Waals surface area contributed by atoms with Gasteiger partial charge in [-0.25, -0.2) is 4.79 Å². The number of ether oxygens (including phenoxy) is 1. The second-order valence-electron chi connectivity index (χ2n) is 2.78. The highest BCUT2D eigenvalue weighted by atomic mass is 32.1. The van der Waals surface area contributed by atoms with Crippen molar-refractivity contribution >= 4 is 18.6 Å².